The number of rotatable bonds is 6. The maximum absolute atomic E-state index is 11.7. The standard InChI is InChI=1S/C12H15Cl2NO2S/c1-8(4-5-16)18-7-12(17)15-11-6-9(13)2-3-10(11)14/h2-3,6,8,16H,4-5,7H2,1H3,(H,15,17). The molecule has 0 aliphatic heterocycles. The Morgan fingerprint density at radius 3 is 2.89 bits per heavy atom. The number of aliphatic hydroxyl groups excluding tert-OH is 1. The van der Waals surface area contributed by atoms with Gasteiger partial charge in [-0.05, 0) is 24.6 Å². The van der Waals surface area contributed by atoms with E-state index < -0.39 is 0 Å². The number of nitrogens with one attached hydrogen (secondary N) is 1. The second-order valence-corrected chi connectivity index (χ2v) is 6.08. The minimum Gasteiger partial charge on any atom is -0.396 e. The van der Waals surface area contributed by atoms with Crippen LogP contribution in [0.25, 0.3) is 0 Å². The van der Waals surface area contributed by atoms with Crippen LogP contribution in [0, 0.1) is 0 Å². The molecule has 0 heterocycles. The molecule has 0 aromatic heterocycles. The highest BCUT2D eigenvalue weighted by Crippen LogP contribution is 2.25. The Kier molecular flexibility index (Phi) is 6.86. The molecule has 0 saturated heterocycles. The van der Waals surface area contributed by atoms with Crippen molar-refractivity contribution in [2.75, 3.05) is 17.7 Å². The molecule has 1 atom stereocenters. The lowest BCUT2D eigenvalue weighted by Crippen LogP contribution is -2.16. The van der Waals surface area contributed by atoms with Gasteiger partial charge in [-0.15, -0.1) is 11.8 Å². The molecule has 1 amide bonds. The van der Waals surface area contributed by atoms with Gasteiger partial charge in [0.2, 0.25) is 5.91 Å². The minimum atomic E-state index is -0.131. The average molecular weight is 308 g/mol. The van der Waals surface area contributed by atoms with Crippen LogP contribution in [0.1, 0.15) is 13.3 Å². The fraction of sp³-hybridized carbons (Fsp3) is 0.417. The fourth-order valence-corrected chi connectivity index (χ4v) is 2.38. The van der Waals surface area contributed by atoms with Crippen molar-refractivity contribution in [3.63, 3.8) is 0 Å². The van der Waals surface area contributed by atoms with E-state index in [1.54, 1.807) is 18.2 Å². The van der Waals surface area contributed by atoms with Crippen LogP contribution in [0.4, 0.5) is 5.69 Å². The maximum Gasteiger partial charge on any atom is 0.234 e. The SMILES string of the molecule is CC(CCO)SCC(=O)Nc1cc(Cl)ccc1Cl. The lowest BCUT2D eigenvalue weighted by atomic mass is 10.3. The van der Waals surface area contributed by atoms with E-state index in [-0.39, 0.29) is 17.8 Å². The van der Waals surface area contributed by atoms with E-state index in [0.29, 0.717) is 27.9 Å². The van der Waals surface area contributed by atoms with Crippen LogP contribution in [-0.2, 0) is 4.79 Å². The molecule has 0 aliphatic carbocycles. The molecule has 0 saturated carbocycles. The molecule has 1 aromatic carbocycles. The van der Waals surface area contributed by atoms with Crippen LogP contribution >= 0.6 is 35.0 Å². The Balaban J connectivity index is 2.47. The van der Waals surface area contributed by atoms with Crippen molar-refractivity contribution in [2.24, 2.45) is 0 Å². The number of amides is 1. The van der Waals surface area contributed by atoms with Gasteiger partial charge in [-0.1, -0.05) is 30.1 Å². The van der Waals surface area contributed by atoms with Gasteiger partial charge < -0.3 is 10.4 Å². The third-order valence-corrected chi connectivity index (χ3v) is 4.04. The van der Waals surface area contributed by atoms with Gasteiger partial charge in [0.15, 0.2) is 0 Å². The second-order valence-electron chi connectivity index (χ2n) is 3.81. The van der Waals surface area contributed by atoms with Crippen molar-refractivity contribution < 1.29 is 9.90 Å². The van der Waals surface area contributed by atoms with E-state index in [1.807, 2.05) is 6.92 Å². The summed E-state index contributed by atoms with van der Waals surface area (Å²) in [5.41, 5.74) is 0.518. The van der Waals surface area contributed by atoms with Gasteiger partial charge in [0.05, 0.1) is 16.5 Å². The molecule has 100 valence electrons. The quantitative estimate of drug-likeness (QED) is 0.846. The Labute approximate surface area is 121 Å². The lowest BCUT2D eigenvalue weighted by Gasteiger charge is -2.10. The largest absolute Gasteiger partial charge is 0.396 e. The molecule has 2 N–H and O–H groups in total. The van der Waals surface area contributed by atoms with Crippen LogP contribution < -0.4 is 5.32 Å². The van der Waals surface area contributed by atoms with Crippen molar-refractivity contribution in [3.05, 3.63) is 28.2 Å². The number of thioether (sulfide) groups is 1. The first-order valence-corrected chi connectivity index (χ1v) is 7.30. The summed E-state index contributed by atoms with van der Waals surface area (Å²) >= 11 is 13.3. The Bertz CT molecular complexity index is 415. The number of halogens is 2. The summed E-state index contributed by atoms with van der Waals surface area (Å²) in [6, 6.07) is 4.92. The van der Waals surface area contributed by atoms with Gasteiger partial charge in [0, 0.05) is 16.9 Å². The monoisotopic (exact) mass is 307 g/mol. The predicted octanol–water partition coefficient (Wildman–Crippen LogP) is 3.44. The van der Waals surface area contributed by atoms with Crippen LogP contribution in [0.3, 0.4) is 0 Å². The third-order valence-electron chi connectivity index (χ3n) is 2.24. The number of carbonyl (C=O) groups is 1. The minimum absolute atomic E-state index is 0.131. The molecule has 1 aromatic rings. The number of benzene rings is 1. The third kappa shape index (κ3) is 5.48. The summed E-state index contributed by atoms with van der Waals surface area (Å²) in [4.78, 5) is 11.7. The van der Waals surface area contributed by atoms with E-state index in [2.05, 4.69) is 5.32 Å². The normalized spacial score (nSPS) is 12.2. The highest BCUT2D eigenvalue weighted by Gasteiger charge is 2.09. The van der Waals surface area contributed by atoms with Crippen LogP contribution in [-0.4, -0.2) is 28.6 Å². The maximum atomic E-state index is 11.7. The zero-order valence-corrected chi connectivity index (χ0v) is 12.3. The van der Waals surface area contributed by atoms with Crippen molar-refractivity contribution >= 4 is 46.6 Å². The van der Waals surface area contributed by atoms with Crippen LogP contribution in [0.2, 0.25) is 10.0 Å². The van der Waals surface area contributed by atoms with E-state index in [0.717, 1.165) is 0 Å². The van der Waals surface area contributed by atoms with E-state index in [1.165, 1.54) is 11.8 Å². The molecular weight excluding hydrogens is 293 g/mol. The van der Waals surface area contributed by atoms with Crippen molar-refractivity contribution in [3.8, 4) is 0 Å². The number of hydrogen-bond acceptors (Lipinski definition) is 3. The average Bonchev–Trinajstić information content (AvgIpc) is 2.32. The van der Waals surface area contributed by atoms with Crippen molar-refractivity contribution in [2.45, 2.75) is 18.6 Å². The fourth-order valence-electron chi connectivity index (χ4n) is 1.26. The molecule has 0 aliphatic rings. The number of hydrogen-bond donors (Lipinski definition) is 2. The van der Waals surface area contributed by atoms with E-state index in [4.69, 9.17) is 28.3 Å². The molecule has 0 bridgehead atoms. The van der Waals surface area contributed by atoms with E-state index >= 15 is 0 Å². The lowest BCUT2D eigenvalue weighted by molar-refractivity contribution is -0.113. The molecular formula is C12H15Cl2NO2S. The molecule has 1 rings (SSSR count). The van der Waals surface area contributed by atoms with Crippen molar-refractivity contribution in [1.29, 1.82) is 0 Å². The zero-order valence-electron chi connectivity index (χ0n) is 9.95. The van der Waals surface area contributed by atoms with Gasteiger partial charge >= 0.3 is 0 Å². The van der Waals surface area contributed by atoms with Gasteiger partial charge in [-0.2, -0.15) is 0 Å². The Morgan fingerprint density at radius 2 is 2.22 bits per heavy atom. The highest BCUT2D eigenvalue weighted by molar-refractivity contribution is 8.00. The summed E-state index contributed by atoms with van der Waals surface area (Å²) < 4.78 is 0. The summed E-state index contributed by atoms with van der Waals surface area (Å²) in [6.45, 7) is 2.11. The molecule has 1 unspecified atom stereocenters. The van der Waals surface area contributed by atoms with Gasteiger partial charge in [0.1, 0.15) is 0 Å². The first-order chi connectivity index (χ1) is 8.52. The summed E-state index contributed by atoms with van der Waals surface area (Å²) in [7, 11) is 0. The second kappa shape index (κ2) is 7.89. The summed E-state index contributed by atoms with van der Waals surface area (Å²) in [5, 5.41) is 12.7. The van der Waals surface area contributed by atoms with Gasteiger partial charge in [-0.3, -0.25) is 4.79 Å². The first kappa shape index (κ1) is 15.6. The highest BCUT2D eigenvalue weighted by atomic mass is 35.5. The topological polar surface area (TPSA) is 49.3 Å². The number of carbonyl (C=O) groups excluding carboxylic acids is 1. The number of anilines is 1. The van der Waals surface area contributed by atoms with Crippen LogP contribution in [0.15, 0.2) is 18.2 Å². The van der Waals surface area contributed by atoms with Gasteiger partial charge in [-0.25, -0.2) is 0 Å². The smallest absolute Gasteiger partial charge is 0.234 e. The van der Waals surface area contributed by atoms with Crippen LogP contribution in [0.5, 0.6) is 0 Å². The molecule has 0 radical (unpaired) electrons. The summed E-state index contributed by atoms with van der Waals surface area (Å²) in [6.07, 6.45) is 0.676. The molecule has 6 heteroatoms. The van der Waals surface area contributed by atoms with Crippen molar-refractivity contribution in [1.82, 2.24) is 0 Å². The van der Waals surface area contributed by atoms with E-state index in [9.17, 15) is 4.79 Å². The Hall–Kier alpha value is -0.420. The molecule has 18 heavy (non-hydrogen) atoms. The molecule has 0 fully saturated rings. The van der Waals surface area contributed by atoms with Gasteiger partial charge in [0.25, 0.3) is 0 Å². The zero-order chi connectivity index (χ0) is 13.5. The Morgan fingerprint density at radius 1 is 1.50 bits per heavy atom. The summed E-state index contributed by atoms with van der Waals surface area (Å²) in [5.74, 6) is 0.193. The molecule has 0 spiro atoms. The predicted molar refractivity (Wildman–Crippen MR) is 78.7 cm³/mol. The first-order valence-electron chi connectivity index (χ1n) is 5.50. The molecule has 3 nitrogen and oxygen atoms in total. The number of aliphatic hydroxyl groups is 1.